The van der Waals surface area contributed by atoms with Crippen molar-refractivity contribution in [3.63, 3.8) is 0 Å². The van der Waals surface area contributed by atoms with Crippen LogP contribution in [0.5, 0.6) is 0 Å². The first kappa shape index (κ1) is 23.4. The lowest BCUT2D eigenvalue weighted by atomic mass is 9.82. The predicted octanol–water partition coefficient (Wildman–Crippen LogP) is 1.96. The maximum absolute atomic E-state index is 13.5. The number of hydrogen-bond acceptors (Lipinski definition) is 4. The standard InChI is InChI=1S/C21H24F3N5O3/c1-14(4-3-9-25)28-11-17(30)29(10-15-5-7-16(8-6-15)21(22,23)24)20(18(28)31)12-27(13-20)19(32)26-2/h5-8,14H,3-4,10-13H2,1-2H3,(H,26,32). The van der Waals surface area contributed by atoms with E-state index < -0.39 is 17.3 Å². The number of carbonyl (C=O) groups is 3. The molecule has 1 spiro atoms. The van der Waals surface area contributed by atoms with Crippen LogP contribution in [0.1, 0.15) is 30.9 Å². The molecular weight excluding hydrogens is 427 g/mol. The van der Waals surface area contributed by atoms with Crippen molar-refractivity contribution < 1.29 is 27.6 Å². The third-order valence-corrected chi connectivity index (χ3v) is 6.02. The third-order valence-electron chi connectivity index (χ3n) is 6.02. The second-order valence-corrected chi connectivity index (χ2v) is 8.10. The summed E-state index contributed by atoms with van der Waals surface area (Å²) in [6.07, 6.45) is -3.84. The number of carbonyl (C=O) groups excluding carboxylic acids is 3. The van der Waals surface area contributed by atoms with Crippen LogP contribution in [0, 0.1) is 11.3 Å². The summed E-state index contributed by atoms with van der Waals surface area (Å²) in [6, 6.07) is 5.73. The van der Waals surface area contributed by atoms with Gasteiger partial charge in [0.1, 0.15) is 6.54 Å². The van der Waals surface area contributed by atoms with Crippen molar-refractivity contribution in [3.8, 4) is 6.07 Å². The van der Waals surface area contributed by atoms with Crippen LogP contribution in [0.4, 0.5) is 18.0 Å². The Balaban J connectivity index is 1.87. The lowest BCUT2D eigenvalue weighted by Crippen LogP contribution is -2.81. The fraction of sp³-hybridized carbons (Fsp3) is 0.524. The molecule has 2 saturated heterocycles. The van der Waals surface area contributed by atoms with Gasteiger partial charge in [0.2, 0.25) is 5.91 Å². The first-order valence-corrected chi connectivity index (χ1v) is 10.1. The number of benzene rings is 1. The number of rotatable bonds is 5. The van der Waals surface area contributed by atoms with E-state index in [1.54, 1.807) is 6.92 Å². The topological polar surface area (TPSA) is 96.7 Å². The first-order chi connectivity index (χ1) is 15.0. The molecule has 0 aliphatic carbocycles. The van der Waals surface area contributed by atoms with E-state index in [-0.39, 0.29) is 56.5 Å². The van der Waals surface area contributed by atoms with Crippen LogP contribution in [-0.4, -0.2) is 70.8 Å². The van der Waals surface area contributed by atoms with Gasteiger partial charge in [-0.2, -0.15) is 18.4 Å². The highest BCUT2D eigenvalue weighted by Gasteiger charge is 2.61. The summed E-state index contributed by atoms with van der Waals surface area (Å²) >= 11 is 0. The molecule has 0 aromatic heterocycles. The van der Waals surface area contributed by atoms with Crippen molar-refractivity contribution >= 4 is 17.8 Å². The Morgan fingerprint density at radius 3 is 2.41 bits per heavy atom. The molecule has 1 aromatic rings. The SMILES string of the molecule is CNC(=O)N1CC2(C1)C(=O)N(C(C)CCC#N)CC(=O)N2Cc1ccc(C(F)(F)F)cc1. The lowest BCUT2D eigenvalue weighted by molar-refractivity contribution is -0.178. The van der Waals surface area contributed by atoms with E-state index in [4.69, 9.17) is 5.26 Å². The number of urea groups is 1. The van der Waals surface area contributed by atoms with Crippen LogP contribution >= 0.6 is 0 Å². The van der Waals surface area contributed by atoms with Gasteiger partial charge in [-0.25, -0.2) is 4.79 Å². The van der Waals surface area contributed by atoms with Crippen LogP contribution < -0.4 is 5.32 Å². The van der Waals surface area contributed by atoms with Gasteiger partial charge in [-0.1, -0.05) is 12.1 Å². The molecule has 2 aliphatic rings. The van der Waals surface area contributed by atoms with Crippen LogP contribution in [0.15, 0.2) is 24.3 Å². The summed E-state index contributed by atoms with van der Waals surface area (Å²) in [7, 11) is 1.46. The molecule has 4 amide bonds. The van der Waals surface area contributed by atoms with E-state index >= 15 is 0 Å². The van der Waals surface area contributed by atoms with Gasteiger partial charge in [0.05, 0.1) is 24.7 Å². The minimum atomic E-state index is -4.47. The first-order valence-electron chi connectivity index (χ1n) is 10.1. The van der Waals surface area contributed by atoms with E-state index in [1.165, 1.54) is 33.9 Å². The van der Waals surface area contributed by atoms with Crippen molar-refractivity contribution in [1.82, 2.24) is 20.0 Å². The zero-order chi connectivity index (χ0) is 23.7. The zero-order valence-electron chi connectivity index (χ0n) is 17.8. The molecule has 0 radical (unpaired) electrons. The highest BCUT2D eigenvalue weighted by Crippen LogP contribution is 2.36. The summed E-state index contributed by atoms with van der Waals surface area (Å²) in [5, 5.41) is 11.3. The number of nitrogens with zero attached hydrogens (tertiary/aromatic N) is 4. The minimum Gasteiger partial charge on any atom is -0.341 e. The quantitative estimate of drug-likeness (QED) is 0.740. The molecule has 2 fully saturated rings. The van der Waals surface area contributed by atoms with Crippen molar-refractivity contribution in [1.29, 1.82) is 5.26 Å². The van der Waals surface area contributed by atoms with Crippen molar-refractivity contribution in [2.24, 2.45) is 0 Å². The maximum Gasteiger partial charge on any atom is 0.416 e. The highest BCUT2D eigenvalue weighted by atomic mass is 19.4. The molecular formula is C21H24F3N5O3. The van der Waals surface area contributed by atoms with Crippen LogP contribution in [0.3, 0.4) is 0 Å². The van der Waals surface area contributed by atoms with Gasteiger partial charge in [-0.3, -0.25) is 9.59 Å². The fourth-order valence-corrected chi connectivity index (χ4v) is 4.12. The van der Waals surface area contributed by atoms with E-state index in [1.807, 2.05) is 6.07 Å². The summed E-state index contributed by atoms with van der Waals surface area (Å²) in [5.41, 5.74) is -1.64. The molecule has 1 atom stereocenters. The molecule has 32 heavy (non-hydrogen) atoms. The third kappa shape index (κ3) is 4.22. The number of halogens is 3. The van der Waals surface area contributed by atoms with Crippen LogP contribution in [0.25, 0.3) is 0 Å². The molecule has 1 aromatic carbocycles. The molecule has 2 aliphatic heterocycles. The number of piperazine rings is 1. The Labute approximate surface area is 183 Å². The monoisotopic (exact) mass is 451 g/mol. The van der Waals surface area contributed by atoms with Crippen molar-refractivity contribution in [2.75, 3.05) is 26.7 Å². The Kier molecular flexibility index (Phi) is 6.34. The van der Waals surface area contributed by atoms with Gasteiger partial charge < -0.3 is 20.0 Å². The van der Waals surface area contributed by atoms with Crippen LogP contribution in [0.2, 0.25) is 0 Å². The summed E-state index contributed by atoms with van der Waals surface area (Å²) in [5.74, 6) is -0.681. The minimum absolute atomic E-state index is 0.0145. The van der Waals surface area contributed by atoms with Gasteiger partial charge in [-0.15, -0.1) is 0 Å². The number of amides is 4. The van der Waals surface area contributed by atoms with E-state index in [9.17, 15) is 27.6 Å². The summed E-state index contributed by atoms with van der Waals surface area (Å²) < 4.78 is 38.6. The Morgan fingerprint density at radius 1 is 1.25 bits per heavy atom. The van der Waals surface area contributed by atoms with Gasteiger partial charge in [0, 0.05) is 26.1 Å². The number of alkyl halides is 3. The molecule has 3 rings (SSSR count). The van der Waals surface area contributed by atoms with Gasteiger partial charge in [-0.05, 0) is 31.0 Å². The average Bonchev–Trinajstić information content (AvgIpc) is 2.72. The van der Waals surface area contributed by atoms with Crippen LogP contribution in [-0.2, 0) is 22.3 Å². The van der Waals surface area contributed by atoms with E-state index in [0.717, 1.165) is 12.1 Å². The largest absolute Gasteiger partial charge is 0.416 e. The highest BCUT2D eigenvalue weighted by molar-refractivity contribution is 6.00. The van der Waals surface area contributed by atoms with Gasteiger partial charge in [0.25, 0.3) is 5.91 Å². The fourth-order valence-electron chi connectivity index (χ4n) is 4.12. The number of nitriles is 1. The maximum atomic E-state index is 13.5. The number of likely N-dealkylation sites (tertiary alicyclic amines) is 1. The Morgan fingerprint density at radius 2 is 1.88 bits per heavy atom. The molecule has 8 nitrogen and oxygen atoms in total. The normalized spacial score (nSPS) is 18.9. The Bertz CT molecular complexity index is 935. The summed E-state index contributed by atoms with van der Waals surface area (Å²) in [6.45, 7) is 1.49. The van der Waals surface area contributed by atoms with E-state index in [0.29, 0.717) is 12.0 Å². The summed E-state index contributed by atoms with van der Waals surface area (Å²) in [4.78, 5) is 42.7. The van der Waals surface area contributed by atoms with E-state index in [2.05, 4.69) is 5.32 Å². The predicted molar refractivity (Wildman–Crippen MR) is 107 cm³/mol. The lowest BCUT2D eigenvalue weighted by Gasteiger charge is -2.58. The Hall–Kier alpha value is -3.29. The average molecular weight is 451 g/mol. The second-order valence-electron chi connectivity index (χ2n) is 8.10. The second kappa shape index (κ2) is 8.68. The molecule has 2 heterocycles. The smallest absolute Gasteiger partial charge is 0.341 e. The van der Waals surface area contributed by atoms with Crippen molar-refractivity contribution in [2.45, 2.75) is 44.1 Å². The number of hydrogen-bond donors (Lipinski definition) is 1. The number of nitrogens with one attached hydrogen (secondary N) is 1. The molecule has 1 unspecified atom stereocenters. The van der Waals surface area contributed by atoms with Gasteiger partial charge >= 0.3 is 12.2 Å². The molecule has 0 saturated carbocycles. The zero-order valence-corrected chi connectivity index (χ0v) is 17.8. The molecule has 172 valence electrons. The van der Waals surface area contributed by atoms with Crippen molar-refractivity contribution in [3.05, 3.63) is 35.4 Å². The molecule has 0 bridgehead atoms. The van der Waals surface area contributed by atoms with Gasteiger partial charge in [0.15, 0.2) is 5.54 Å². The molecule has 1 N–H and O–H groups in total. The molecule has 11 heteroatoms.